The largest absolute Gasteiger partial charge is 0.481 e. The van der Waals surface area contributed by atoms with Crippen molar-refractivity contribution >= 4 is 17.8 Å². The summed E-state index contributed by atoms with van der Waals surface area (Å²) in [5.74, 6) is -1.32. The molecule has 0 rings (SSSR count). The van der Waals surface area contributed by atoms with Crippen molar-refractivity contribution in [3.05, 3.63) is 0 Å². The number of amides is 2. The van der Waals surface area contributed by atoms with Gasteiger partial charge in [-0.3, -0.25) is 14.4 Å². The summed E-state index contributed by atoms with van der Waals surface area (Å²) in [6, 6.07) is -0.798. The van der Waals surface area contributed by atoms with Crippen molar-refractivity contribution < 1.29 is 19.5 Å². The number of carbonyl (C=O) groups excluding carboxylic acids is 2. The maximum absolute atomic E-state index is 13.0. The molecule has 0 fully saturated rings. The summed E-state index contributed by atoms with van der Waals surface area (Å²) >= 11 is 0. The van der Waals surface area contributed by atoms with Crippen LogP contribution in [-0.4, -0.2) is 45.9 Å². The Hall–Kier alpha value is -1.59. The molecule has 1 unspecified atom stereocenters. The first kappa shape index (κ1) is 29.4. The molecule has 0 aromatic heterocycles. The van der Waals surface area contributed by atoms with Gasteiger partial charge in [0.25, 0.3) is 0 Å². The molecule has 0 bridgehead atoms. The van der Waals surface area contributed by atoms with Gasteiger partial charge in [0, 0.05) is 24.9 Å². The van der Waals surface area contributed by atoms with Crippen LogP contribution >= 0.6 is 0 Å². The van der Waals surface area contributed by atoms with Gasteiger partial charge in [0.1, 0.15) is 6.04 Å². The summed E-state index contributed by atoms with van der Waals surface area (Å²) in [6.07, 6.45) is 13.8. The maximum atomic E-state index is 13.0. The highest BCUT2D eigenvalue weighted by Crippen LogP contribution is 2.13. The zero-order valence-corrected chi connectivity index (χ0v) is 20.8. The molecule has 0 aliphatic rings. The predicted octanol–water partition coefficient (Wildman–Crippen LogP) is 5.68. The molecule has 2 N–H and O–H groups in total. The number of aliphatic carboxylic acids is 1. The van der Waals surface area contributed by atoms with Gasteiger partial charge in [-0.15, -0.1) is 0 Å². The van der Waals surface area contributed by atoms with E-state index >= 15 is 0 Å². The lowest BCUT2D eigenvalue weighted by Gasteiger charge is -2.34. The Bertz CT molecular complexity index is 498. The van der Waals surface area contributed by atoms with Gasteiger partial charge in [-0.2, -0.15) is 0 Å². The maximum Gasteiger partial charge on any atom is 0.303 e. The van der Waals surface area contributed by atoms with Gasteiger partial charge in [0.2, 0.25) is 11.8 Å². The number of unbranched alkanes of at least 4 members (excludes halogenated alkanes) is 10. The minimum atomic E-state index is -0.960. The standard InChI is InChI=1S/C25H48N2O4/c1-6-7-8-9-10-11-12-13-14-15-16-17-23(28)26-22(18-19-24(29)30)25(31)27(20(2)3)21(4)5/h20-22H,6-19H2,1-5H3,(H,26,28)(H,29,30). The van der Waals surface area contributed by atoms with E-state index in [1.165, 1.54) is 51.4 Å². The first-order valence-corrected chi connectivity index (χ1v) is 12.5. The number of hydrogen-bond acceptors (Lipinski definition) is 3. The third-order valence-corrected chi connectivity index (χ3v) is 5.65. The lowest BCUT2D eigenvalue weighted by atomic mass is 10.0. The average molecular weight is 441 g/mol. The van der Waals surface area contributed by atoms with Crippen molar-refractivity contribution in [1.29, 1.82) is 0 Å². The van der Waals surface area contributed by atoms with Gasteiger partial charge in [-0.25, -0.2) is 0 Å². The summed E-state index contributed by atoms with van der Waals surface area (Å²) in [4.78, 5) is 38.1. The van der Waals surface area contributed by atoms with Gasteiger partial charge < -0.3 is 15.3 Å². The van der Waals surface area contributed by atoms with Crippen LogP contribution in [0, 0.1) is 0 Å². The Kier molecular flexibility index (Phi) is 17.1. The summed E-state index contributed by atoms with van der Waals surface area (Å²) in [5, 5.41) is 11.8. The van der Waals surface area contributed by atoms with Crippen molar-refractivity contribution in [1.82, 2.24) is 10.2 Å². The second-order valence-corrected chi connectivity index (χ2v) is 9.27. The van der Waals surface area contributed by atoms with E-state index in [-0.39, 0.29) is 36.7 Å². The molecule has 0 radical (unpaired) electrons. The highest BCUT2D eigenvalue weighted by molar-refractivity contribution is 5.88. The van der Waals surface area contributed by atoms with E-state index in [2.05, 4.69) is 12.2 Å². The van der Waals surface area contributed by atoms with Gasteiger partial charge in [0.05, 0.1) is 0 Å². The zero-order valence-electron chi connectivity index (χ0n) is 20.8. The highest BCUT2D eigenvalue weighted by atomic mass is 16.4. The summed E-state index contributed by atoms with van der Waals surface area (Å²) < 4.78 is 0. The average Bonchev–Trinajstić information content (AvgIpc) is 2.68. The molecule has 6 nitrogen and oxygen atoms in total. The van der Waals surface area contributed by atoms with E-state index in [1.807, 2.05) is 27.7 Å². The smallest absolute Gasteiger partial charge is 0.303 e. The first-order valence-electron chi connectivity index (χ1n) is 12.5. The number of nitrogens with zero attached hydrogens (tertiary/aromatic N) is 1. The van der Waals surface area contributed by atoms with Crippen molar-refractivity contribution in [3.8, 4) is 0 Å². The summed E-state index contributed by atoms with van der Waals surface area (Å²) in [5.41, 5.74) is 0. The molecule has 2 amide bonds. The Morgan fingerprint density at radius 3 is 1.61 bits per heavy atom. The molecule has 182 valence electrons. The SMILES string of the molecule is CCCCCCCCCCCCCC(=O)NC(CCC(=O)O)C(=O)N(C(C)C)C(C)C. The van der Waals surface area contributed by atoms with Crippen LogP contribution in [-0.2, 0) is 14.4 Å². The van der Waals surface area contributed by atoms with Crippen LogP contribution in [0.2, 0.25) is 0 Å². The quantitative estimate of drug-likeness (QED) is 0.253. The molecule has 31 heavy (non-hydrogen) atoms. The zero-order chi connectivity index (χ0) is 23.6. The monoisotopic (exact) mass is 440 g/mol. The molecular weight excluding hydrogens is 392 g/mol. The Balaban J connectivity index is 4.28. The van der Waals surface area contributed by atoms with E-state index < -0.39 is 12.0 Å². The summed E-state index contributed by atoms with van der Waals surface area (Å²) in [7, 11) is 0. The number of carbonyl (C=O) groups is 3. The van der Waals surface area contributed by atoms with E-state index in [4.69, 9.17) is 5.11 Å². The molecule has 0 saturated heterocycles. The van der Waals surface area contributed by atoms with Crippen LogP contribution in [0.25, 0.3) is 0 Å². The van der Waals surface area contributed by atoms with Gasteiger partial charge >= 0.3 is 5.97 Å². The lowest BCUT2D eigenvalue weighted by molar-refractivity contribution is -0.141. The summed E-state index contributed by atoms with van der Waals surface area (Å²) in [6.45, 7) is 9.96. The number of rotatable bonds is 19. The second-order valence-electron chi connectivity index (χ2n) is 9.27. The van der Waals surface area contributed by atoms with E-state index in [9.17, 15) is 14.4 Å². The van der Waals surface area contributed by atoms with Crippen LogP contribution in [0.15, 0.2) is 0 Å². The van der Waals surface area contributed by atoms with Crippen molar-refractivity contribution in [3.63, 3.8) is 0 Å². The molecule has 0 aliphatic carbocycles. The minimum Gasteiger partial charge on any atom is -0.481 e. The number of carboxylic acids is 1. The molecule has 0 aliphatic heterocycles. The van der Waals surface area contributed by atoms with Gasteiger partial charge in [-0.05, 0) is 40.5 Å². The molecule has 0 aromatic carbocycles. The fraction of sp³-hybridized carbons (Fsp3) is 0.880. The molecule has 6 heteroatoms. The number of carboxylic acid groups (broad SMARTS) is 1. The van der Waals surface area contributed by atoms with Crippen LogP contribution in [0.5, 0.6) is 0 Å². The molecule has 0 saturated carbocycles. The van der Waals surface area contributed by atoms with Crippen molar-refractivity contribution in [2.45, 2.75) is 143 Å². The molecule has 0 heterocycles. The van der Waals surface area contributed by atoms with Crippen molar-refractivity contribution in [2.75, 3.05) is 0 Å². The van der Waals surface area contributed by atoms with Crippen molar-refractivity contribution in [2.24, 2.45) is 0 Å². The third kappa shape index (κ3) is 14.9. The molecule has 0 spiro atoms. The Morgan fingerprint density at radius 2 is 1.19 bits per heavy atom. The third-order valence-electron chi connectivity index (χ3n) is 5.65. The molecule has 0 aromatic rings. The molecular formula is C25H48N2O4. The van der Waals surface area contributed by atoms with Gasteiger partial charge in [0.15, 0.2) is 0 Å². The topological polar surface area (TPSA) is 86.7 Å². The number of nitrogens with one attached hydrogen (secondary N) is 1. The fourth-order valence-corrected chi connectivity index (χ4v) is 4.03. The lowest BCUT2D eigenvalue weighted by Crippen LogP contribution is -2.53. The number of hydrogen-bond donors (Lipinski definition) is 2. The van der Waals surface area contributed by atoms with Crippen LogP contribution in [0.4, 0.5) is 0 Å². The normalized spacial score (nSPS) is 12.2. The van der Waals surface area contributed by atoms with Gasteiger partial charge in [-0.1, -0.05) is 71.1 Å². The highest BCUT2D eigenvalue weighted by Gasteiger charge is 2.29. The second kappa shape index (κ2) is 18.0. The van der Waals surface area contributed by atoms with E-state index in [0.29, 0.717) is 6.42 Å². The van der Waals surface area contributed by atoms with Crippen LogP contribution < -0.4 is 5.32 Å². The van der Waals surface area contributed by atoms with E-state index in [1.54, 1.807) is 4.90 Å². The first-order chi connectivity index (χ1) is 14.7. The predicted molar refractivity (Wildman–Crippen MR) is 127 cm³/mol. The van der Waals surface area contributed by atoms with Crippen LogP contribution in [0.3, 0.4) is 0 Å². The minimum absolute atomic E-state index is 0.0108. The van der Waals surface area contributed by atoms with E-state index in [0.717, 1.165) is 19.3 Å². The Labute approximate surface area is 190 Å². The fourth-order valence-electron chi connectivity index (χ4n) is 4.03. The Morgan fingerprint density at radius 1 is 0.742 bits per heavy atom. The van der Waals surface area contributed by atoms with Crippen LogP contribution in [0.1, 0.15) is 125 Å². The molecule has 1 atom stereocenters.